The highest BCUT2D eigenvalue weighted by molar-refractivity contribution is 5.79. The van der Waals surface area contributed by atoms with Gasteiger partial charge in [-0.1, -0.05) is 37.6 Å². The second kappa shape index (κ2) is 13.9. The molecular weight excluding hydrogens is 490 g/mol. The Morgan fingerprint density at radius 3 is 2.61 bits per heavy atom. The van der Waals surface area contributed by atoms with Crippen LogP contribution in [0.2, 0.25) is 0 Å². The molecule has 204 valence electrons. The van der Waals surface area contributed by atoms with E-state index in [-0.39, 0.29) is 43.8 Å². The van der Waals surface area contributed by atoms with Gasteiger partial charge in [-0.2, -0.15) is 9.97 Å². The molecule has 2 heterocycles. The van der Waals surface area contributed by atoms with Crippen LogP contribution in [0.3, 0.4) is 0 Å². The number of benzene rings is 1. The molecule has 0 aliphatic rings. The number of unbranched alkanes of at least 4 members (excludes halogenated alkanes) is 1. The highest BCUT2D eigenvalue weighted by Crippen LogP contribution is 2.33. The summed E-state index contributed by atoms with van der Waals surface area (Å²) in [5.74, 6) is -0.250. The highest BCUT2D eigenvalue weighted by Gasteiger charge is 2.29. The van der Waals surface area contributed by atoms with Gasteiger partial charge in [0.25, 0.3) is 0 Å². The van der Waals surface area contributed by atoms with Gasteiger partial charge >= 0.3 is 11.7 Å². The number of aromatic nitrogens is 2. The summed E-state index contributed by atoms with van der Waals surface area (Å²) in [7, 11) is 2.07. The van der Waals surface area contributed by atoms with Gasteiger partial charge in [0.2, 0.25) is 17.6 Å². The molecule has 0 saturated heterocycles. The monoisotopic (exact) mass is 525 g/mol. The third kappa shape index (κ3) is 8.17. The fraction of sp³-hybridized carbons (Fsp3) is 0.423. The van der Waals surface area contributed by atoms with Gasteiger partial charge < -0.3 is 30.0 Å². The Bertz CT molecular complexity index is 1200. The summed E-state index contributed by atoms with van der Waals surface area (Å²) in [4.78, 5) is 36.1. The summed E-state index contributed by atoms with van der Waals surface area (Å²) in [5, 5.41) is 15.0. The fourth-order valence-electron chi connectivity index (χ4n) is 3.95. The number of nitro groups is 1. The van der Waals surface area contributed by atoms with Crippen molar-refractivity contribution in [2.45, 2.75) is 46.3 Å². The number of nitrogen functional groups attached to an aromatic ring is 1. The molecular formula is C26H35N7O5. The molecule has 0 saturated carbocycles. The number of furan rings is 1. The van der Waals surface area contributed by atoms with Crippen molar-refractivity contribution in [3.63, 3.8) is 0 Å². The van der Waals surface area contributed by atoms with Gasteiger partial charge in [-0.05, 0) is 50.2 Å². The number of nitrogens with one attached hydrogen (secondary N) is 1. The molecule has 0 aliphatic heterocycles. The van der Waals surface area contributed by atoms with Gasteiger partial charge in [0, 0.05) is 13.1 Å². The Balaban J connectivity index is 1.94. The summed E-state index contributed by atoms with van der Waals surface area (Å²) < 4.78 is 10.5. The normalized spacial score (nSPS) is 10.9. The van der Waals surface area contributed by atoms with E-state index in [2.05, 4.69) is 34.2 Å². The van der Waals surface area contributed by atoms with Gasteiger partial charge in [0.15, 0.2) is 0 Å². The maximum absolute atomic E-state index is 12.5. The first-order valence-corrected chi connectivity index (χ1v) is 12.6. The number of nitrogens with zero attached hydrogens (tertiary/aromatic N) is 5. The lowest BCUT2D eigenvalue weighted by Crippen LogP contribution is -2.32. The predicted molar refractivity (Wildman–Crippen MR) is 145 cm³/mol. The molecule has 3 rings (SSSR count). The van der Waals surface area contributed by atoms with Crippen molar-refractivity contribution in [2.75, 3.05) is 42.7 Å². The van der Waals surface area contributed by atoms with E-state index in [0.717, 1.165) is 37.1 Å². The third-order valence-corrected chi connectivity index (χ3v) is 5.71. The Labute approximate surface area is 221 Å². The molecule has 1 aromatic carbocycles. The minimum Gasteiger partial charge on any atom is -0.467 e. The van der Waals surface area contributed by atoms with Gasteiger partial charge in [0.1, 0.15) is 12.3 Å². The molecule has 0 aliphatic carbocycles. The Hall–Kier alpha value is -4.19. The summed E-state index contributed by atoms with van der Waals surface area (Å²) in [6.45, 7) is 5.92. The number of esters is 1. The van der Waals surface area contributed by atoms with Crippen LogP contribution in [0.25, 0.3) is 0 Å². The number of carbonyl (C=O) groups is 1. The fourth-order valence-corrected chi connectivity index (χ4v) is 3.95. The van der Waals surface area contributed by atoms with Gasteiger partial charge in [-0.25, -0.2) is 0 Å². The second-order valence-electron chi connectivity index (χ2n) is 8.87. The molecule has 2 aromatic heterocycles. The maximum atomic E-state index is 12.5. The van der Waals surface area contributed by atoms with Crippen molar-refractivity contribution < 1.29 is 18.9 Å². The van der Waals surface area contributed by atoms with Gasteiger partial charge in [-0.15, -0.1) is 0 Å². The first-order valence-electron chi connectivity index (χ1n) is 12.6. The molecule has 12 nitrogen and oxygen atoms in total. The van der Waals surface area contributed by atoms with Crippen molar-refractivity contribution in [3.05, 3.63) is 69.7 Å². The van der Waals surface area contributed by atoms with Crippen LogP contribution in [0.5, 0.6) is 0 Å². The Morgan fingerprint density at radius 2 is 1.95 bits per heavy atom. The van der Waals surface area contributed by atoms with Gasteiger partial charge in [-0.3, -0.25) is 14.9 Å². The standard InChI is InChI=1S/C26H35N7O5/c1-4-6-12-31(3)16-19-9-7-10-20(14-19)17-32(18-22(34)37-5-2)25-23(33(35)36)24(27)29-26(30-25)28-15-21-11-8-13-38-21/h7-11,13-14H,4-6,12,15-18H2,1-3H3,(H3,27,28,29,30). The van der Waals surface area contributed by atoms with Crippen LogP contribution in [0.1, 0.15) is 43.6 Å². The largest absolute Gasteiger partial charge is 0.467 e. The number of carbonyl (C=O) groups excluding carboxylic acids is 1. The molecule has 0 spiro atoms. The zero-order valence-corrected chi connectivity index (χ0v) is 22.1. The minimum absolute atomic E-state index is 0.0691. The van der Waals surface area contributed by atoms with E-state index in [4.69, 9.17) is 14.9 Å². The van der Waals surface area contributed by atoms with Crippen molar-refractivity contribution in [1.82, 2.24) is 14.9 Å². The molecule has 0 amide bonds. The van der Waals surface area contributed by atoms with Crippen molar-refractivity contribution in [2.24, 2.45) is 0 Å². The van der Waals surface area contributed by atoms with Crippen LogP contribution < -0.4 is 16.0 Å². The van der Waals surface area contributed by atoms with Crippen molar-refractivity contribution >= 4 is 29.2 Å². The number of anilines is 3. The highest BCUT2D eigenvalue weighted by atomic mass is 16.6. The maximum Gasteiger partial charge on any atom is 0.353 e. The molecule has 38 heavy (non-hydrogen) atoms. The van der Waals surface area contributed by atoms with E-state index < -0.39 is 16.6 Å². The average molecular weight is 526 g/mol. The number of hydrogen-bond acceptors (Lipinski definition) is 11. The summed E-state index contributed by atoms with van der Waals surface area (Å²) in [6, 6.07) is 11.4. The van der Waals surface area contributed by atoms with Crippen LogP contribution in [0.4, 0.5) is 23.3 Å². The molecule has 12 heteroatoms. The predicted octanol–water partition coefficient (Wildman–Crippen LogP) is 3.97. The molecule has 0 unspecified atom stereocenters. The lowest BCUT2D eigenvalue weighted by atomic mass is 10.1. The van der Waals surface area contributed by atoms with Crippen molar-refractivity contribution in [1.29, 1.82) is 0 Å². The van der Waals surface area contributed by atoms with Crippen LogP contribution in [-0.4, -0.2) is 52.5 Å². The van der Waals surface area contributed by atoms with Crippen LogP contribution in [0.15, 0.2) is 47.1 Å². The van der Waals surface area contributed by atoms with E-state index in [1.807, 2.05) is 24.3 Å². The lowest BCUT2D eigenvalue weighted by molar-refractivity contribution is -0.383. The third-order valence-electron chi connectivity index (χ3n) is 5.71. The van der Waals surface area contributed by atoms with E-state index >= 15 is 0 Å². The van der Waals surface area contributed by atoms with Crippen molar-refractivity contribution in [3.8, 4) is 0 Å². The molecule has 3 N–H and O–H groups in total. The van der Waals surface area contributed by atoms with E-state index in [1.165, 1.54) is 11.2 Å². The number of hydrogen-bond donors (Lipinski definition) is 2. The summed E-state index contributed by atoms with van der Waals surface area (Å²) >= 11 is 0. The summed E-state index contributed by atoms with van der Waals surface area (Å²) in [6.07, 6.45) is 3.76. The average Bonchev–Trinajstić information content (AvgIpc) is 3.39. The Kier molecular flexibility index (Phi) is 10.4. The van der Waals surface area contributed by atoms with Crippen LogP contribution in [0, 0.1) is 10.1 Å². The summed E-state index contributed by atoms with van der Waals surface area (Å²) in [5.41, 5.74) is 7.47. The van der Waals surface area contributed by atoms with E-state index in [9.17, 15) is 14.9 Å². The van der Waals surface area contributed by atoms with Gasteiger partial charge in [0.05, 0.1) is 24.3 Å². The molecule has 0 fully saturated rings. The van der Waals surface area contributed by atoms with E-state index in [1.54, 1.807) is 19.1 Å². The zero-order valence-electron chi connectivity index (χ0n) is 22.1. The SMILES string of the molecule is CCCCN(C)Cc1cccc(CN(CC(=O)OCC)c2nc(NCc3ccco3)nc(N)c2[N+](=O)[O-])c1. The smallest absolute Gasteiger partial charge is 0.353 e. The Morgan fingerprint density at radius 1 is 1.18 bits per heavy atom. The number of ether oxygens (including phenoxy) is 1. The molecule has 0 radical (unpaired) electrons. The first kappa shape index (κ1) is 28.4. The second-order valence-corrected chi connectivity index (χ2v) is 8.87. The first-order chi connectivity index (χ1) is 18.3. The molecule has 3 aromatic rings. The number of rotatable bonds is 15. The minimum atomic E-state index is -0.641. The quantitative estimate of drug-likeness (QED) is 0.168. The topological polar surface area (TPSA) is 153 Å². The zero-order chi connectivity index (χ0) is 27.5. The lowest BCUT2D eigenvalue weighted by Gasteiger charge is -2.24. The number of nitrogens with two attached hydrogens (primary N) is 1. The molecule has 0 atom stereocenters. The van der Waals surface area contributed by atoms with Crippen LogP contribution >= 0.6 is 0 Å². The molecule has 0 bridgehead atoms. The van der Waals surface area contributed by atoms with Crippen LogP contribution in [-0.2, 0) is 29.2 Å². The van der Waals surface area contributed by atoms with E-state index in [0.29, 0.717) is 5.76 Å².